The molecule has 0 saturated heterocycles. The van der Waals surface area contributed by atoms with E-state index in [1.165, 1.54) is 6.07 Å². The highest BCUT2D eigenvalue weighted by molar-refractivity contribution is 9.11. The molecule has 0 spiro atoms. The maximum absolute atomic E-state index is 12.4. The van der Waals surface area contributed by atoms with Gasteiger partial charge in [-0.3, -0.25) is 0 Å². The number of aliphatic hydroxyl groups excluding tert-OH is 1. The maximum Gasteiger partial charge on any atom is 0.242 e. The second-order valence-electron chi connectivity index (χ2n) is 4.34. The van der Waals surface area contributed by atoms with Gasteiger partial charge in [0.25, 0.3) is 0 Å². The minimum Gasteiger partial charge on any atom is -0.394 e. The van der Waals surface area contributed by atoms with Crippen molar-refractivity contribution in [1.29, 1.82) is 0 Å². The van der Waals surface area contributed by atoms with Gasteiger partial charge in [-0.1, -0.05) is 46.3 Å². The van der Waals surface area contributed by atoms with Gasteiger partial charge in [-0.15, -0.1) is 0 Å². The van der Waals surface area contributed by atoms with Gasteiger partial charge in [0.05, 0.1) is 17.5 Å². The van der Waals surface area contributed by atoms with Crippen molar-refractivity contribution in [2.45, 2.75) is 10.9 Å². The van der Waals surface area contributed by atoms with Crippen LogP contribution >= 0.6 is 31.9 Å². The molecule has 112 valence electrons. The lowest BCUT2D eigenvalue weighted by atomic mass is 10.1. The summed E-state index contributed by atoms with van der Waals surface area (Å²) in [7, 11) is -3.74. The van der Waals surface area contributed by atoms with Gasteiger partial charge in [0.15, 0.2) is 0 Å². The predicted octanol–water partition coefficient (Wildman–Crippen LogP) is 3.22. The Morgan fingerprint density at radius 2 is 1.76 bits per heavy atom. The van der Waals surface area contributed by atoms with Crippen LogP contribution in [0.25, 0.3) is 0 Å². The van der Waals surface area contributed by atoms with Gasteiger partial charge in [-0.05, 0) is 39.7 Å². The molecule has 0 heterocycles. The monoisotopic (exact) mass is 433 g/mol. The van der Waals surface area contributed by atoms with Gasteiger partial charge >= 0.3 is 0 Å². The third-order valence-electron chi connectivity index (χ3n) is 2.87. The number of hydrogen-bond donors (Lipinski definition) is 2. The Morgan fingerprint density at radius 3 is 2.33 bits per heavy atom. The summed E-state index contributed by atoms with van der Waals surface area (Å²) in [5, 5.41) is 9.46. The van der Waals surface area contributed by atoms with Crippen molar-refractivity contribution in [3.63, 3.8) is 0 Å². The van der Waals surface area contributed by atoms with Crippen molar-refractivity contribution in [3.05, 3.63) is 63.0 Å². The average molecular weight is 435 g/mol. The molecule has 0 aliphatic carbocycles. The molecule has 2 N–H and O–H groups in total. The molecule has 0 aliphatic rings. The first kappa shape index (κ1) is 16.6. The Labute approximate surface area is 140 Å². The van der Waals surface area contributed by atoms with E-state index < -0.39 is 16.1 Å². The molecule has 1 atom stereocenters. The van der Waals surface area contributed by atoms with E-state index in [1.54, 1.807) is 36.4 Å². The molecule has 0 unspecified atom stereocenters. The predicted molar refractivity (Wildman–Crippen MR) is 88.4 cm³/mol. The van der Waals surface area contributed by atoms with Crippen molar-refractivity contribution in [2.24, 2.45) is 0 Å². The molecule has 0 bridgehead atoms. The highest BCUT2D eigenvalue weighted by Crippen LogP contribution is 2.27. The van der Waals surface area contributed by atoms with Crippen LogP contribution in [0.3, 0.4) is 0 Å². The van der Waals surface area contributed by atoms with Crippen molar-refractivity contribution in [1.82, 2.24) is 4.72 Å². The first-order chi connectivity index (χ1) is 9.94. The van der Waals surface area contributed by atoms with E-state index in [-0.39, 0.29) is 11.5 Å². The Hall–Kier alpha value is -0.730. The molecule has 0 amide bonds. The van der Waals surface area contributed by atoms with E-state index in [0.717, 1.165) is 4.47 Å². The normalized spacial score (nSPS) is 13.1. The first-order valence-electron chi connectivity index (χ1n) is 6.07. The van der Waals surface area contributed by atoms with E-state index in [1.807, 2.05) is 6.07 Å². The average Bonchev–Trinajstić information content (AvgIpc) is 2.45. The molecule has 2 aromatic rings. The second kappa shape index (κ2) is 7.02. The first-order valence-corrected chi connectivity index (χ1v) is 9.14. The van der Waals surface area contributed by atoms with Gasteiger partial charge < -0.3 is 5.11 Å². The zero-order valence-electron chi connectivity index (χ0n) is 10.8. The number of benzene rings is 2. The zero-order valence-corrected chi connectivity index (χ0v) is 14.8. The van der Waals surface area contributed by atoms with Gasteiger partial charge in [-0.25, -0.2) is 13.1 Å². The van der Waals surface area contributed by atoms with Gasteiger partial charge in [-0.2, -0.15) is 0 Å². The number of hydrogen-bond acceptors (Lipinski definition) is 3. The number of sulfonamides is 1. The molecule has 4 nitrogen and oxygen atoms in total. The summed E-state index contributed by atoms with van der Waals surface area (Å²) in [6.07, 6.45) is 0. The van der Waals surface area contributed by atoms with Crippen LogP contribution in [0.1, 0.15) is 11.6 Å². The molecule has 21 heavy (non-hydrogen) atoms. The zero-order chi connectivity index (χ0) is 15.5. The van der Waals surface area contributed by atoms with E-state index in [2.05, 4.69) is 36.6 Å². The van der Waals surface area contributed by atoms with Crippen LogP contribution in [0, 0.1) is 0 Å². The van der Waals surface area contributed by atoms with Crippen LogP contribution in [0.4, 0.5) is 0 Å². The topological polar surface area (TPSA) is 66.4 Å². The molecule has 0 aliphatic heterocycles. The molecule has 0 fully saturated rings. The van der Waals surface area contributed by atoms with E-state index >= 15 is 0 Å². The standard InChI is InChI=1S/C14H13Br2NO3S/c15-11-6-7-14(12(16)8-11)21(19,20)17-13(9-18)10-4-2-1-3-5-10/h1-8,13,17-18H,9H2/t13-/m1/s1. The number of halogens is 2. The minimum absolute atomic E-state index is 0.125. The second-order valence-corrected chi connectivity index (χ2v) is 7.79. The fraction of sp³-hybridized carbons (Fsp3) is 0.143. The lowest BCUT2D eigenvalue weighted by Crippen LogP contribution is -2.31. The summed E-state index contributed by atoms with van der Waals surface area (Å²) in [4.78, 5) is 0.125. The van der Waals surface area contributed by atoms with Crippen molar-refractivity contribution in [3.8, 4) is 0 Å². The van der Waals surface area contributed by atoms with Crippen LogP contribution in [0.5, 0.6) is 0 Å². The van der Waals surface area contributed by atoms with Crippen LogP contribution in [-0.4, -0.2) is 20.1 Å². The fourth-order valence-electron chi connectivity index (χ4n) is 1.84. The third-order valence-corrected chi connectivity index (χ3v) is 5.81. The Morgan fingerprint density at radius 1 is 1.10 bits per heavy atom. The van der Waals surface area contributed by atoms with Gasteiger partial charge in [0, 0.05) is 8.95 Å². The lowest BCUT2D eigenvalue weighted by molar-refractivity contribution is 0.259. The molecule has 0 radical (unpaired) electrons. The van der Waals surface area contributed by atoms with Crippen LogP contribution in [0.15, 0.2) is 62.4 Å². The Bertz CT molecular complexity index is 720. The Balaban J connectivity index is 2.32. The Kier molecular flexibility index (Phi) is 5.56. The highest BCUT2D eigenvalue weighted by atomic mass is 79.9. The van der Waals surface area contributed by atoms with Crippen molar-refractivity contribution < 1.29 is 13.5 Å². The third kappa shape index (κ3) is 4.14. The molecule has 2 rings (SSSR count). The smallest absolute Gasteiger partial charge is 0.242 e. The summed E-state index contributed by atoms with van der Waals surface area (Å²) in [5.41, 5.74) is 0.705. The quantitative estimate of drug-likeness (QED) is 0.759. The van der Waals surface area contributed by atoms with Crippen molar-refractivity contribution >= 4 is 41.9 Å². The van der Waals surface area contributed by atoms with Gasteiger partial charge in [0.1, 0.15) is 0 Å². The summed E-state index contributed by atoms with van der Waals surface area (Å²) < 4.78 is 28.6. The number of nitrogens with one attached hydrogen (secondary N) is 1. The summed E-state index contributed by atoms with van der Waals surface area (Å²) >= 11 is 6.52. The lowest BCUT2D eigenvalue weighted by Gasteiger charge is -2.17. The maximum atomic E-state index is 12.4. The fourth-order valence-corrected chi connectivity index (χ4v) is 4.80. The molecule has 2 aromatic carbocycles. The van der Waals surface area contributed by atoms with E-state index in [0.29, 0.717) is 10.0 Å². The molecular weight excluding hydrogens is 422 g/mol. The summed E-state index contributed by atoms with van der Waals surface area (Å²) in [6.45, 7) is -0.322. The number of aliphatic hydroxyl groups is 1. The molecular formula is C14H13Br2NO3S. The van der Waals surface area contributed by atoms with Crippen LogP contribution in [0.2, 0.25) is 0 Å². The van der Waals surface area contributed by atoms with Crippen molar-refractivity contribution in [2.75, 3.05) is 6.61 Å². The summed E-state index contributed by atoms with van der Waals surface area (Å²) in [6, 6.07) is 13.1. The van der Waals surface area contributed by atoms with Crippen LogP contribution < -0.4 is 4.72 Å². The van der Waals surface area contributed by atoms with Crippen LogP contribution in [-0.2, 0) is 10.0 Å². The van der Waals surface area contributed by atoms with Gasteiger partial charge in [0.2, 0.25) is 10.0 Å². The SMILES string of the molecule is O=S(=O)(N[C@H](CO)c1ccccc1)c1ccc(Br)cc1Br. The molecule has 0 saturated carbocycles. The highest BCUT2D eigenvalue weighted by Gasteiger charge is 2.23. The minimum atomic E-state index is -3.74. The molecule has 0 aromatic heterocycles. The molecule has 7 heteroatoms. The summed E-state index contributed by atoms with van der Waals surface area (Å²) in [5.74, 6) is 0. The number of rotatable bonds is 5. The van der Waals surface area contributed by atoms with E-state index in [4.69, 9.17) is 0 Å². The largest absolute Gasteiger partial charge is 0.394 e. The van der Waals surface area contributed by atoms with E-state index in [9.17, 15) is 13.5 Å².